The summed E-state index contributed by atoms with van der Waals surface area (Å²) < 4.78 is 16.6. The van der Waals surface area contributed by atoms with Crippen LogP contribution in [0, 0.1) is 0 Å². The average Bonchev–Trinajstić information content (AvgIpc) is 3.24. The standard InChI is InChI=1S/C54H92O6/c1-4-7-10-13-15-17-19-20-21-22-23-24-25-26-27-28-29-30-31-32-33-34-35-37-38-41-44-47-53(56)59-50-51(49-58-52(55)46-43-40-12-9-6-3)60-54(57)48-45-42-39-36-18-16-14-11-8-5-2/h7,10,15,17,20-21,23-24,26-27,29-30,51H,4-6,8-9,11-14,16,18-19,22,25,28,31-50H2,1-3H3/b10-7-,17-15-,21-20-,24-23-,27-26-,30-29-. The van der Waals surface area contributed by atoms with E-state index in [0.717, 1.165) is 109 Å². The number of hydrogen-bond acceptors (Lipinski definition) is 6. The van der Waals surface area contributed by atoms with Crippen LogP contribution < -0.4 is 0 Å². The molecule has 1 atom stereocenters. The van der Waals surface area contributed by atoms with E-state index < -0.39 is 6.10 Å². The minimum atomic E-state index is -0.770. The van der Waals surface area contributed by atoms with Gasteiger partial charge >= 0.3 is 17.9 Å². The Hall–Kier alpha value is -3.15. The highest BCUT2D eigenvalue weighted by atomic mass is 16.6. The van der Waals surface area contributed by atoms with E-state index in [2.05, 4.69) is 93.7 Å². The third-order valence-electron chi connectivity index (χ3n) is 10.5. The van der Waals surface area contributed by atoms with Crippen molar-refractivity contribution >= 4 is 17.9 Å². The molecule has 0 aliphatic heterocycles. The van der Waals surface area contributed by atoms with E-state index in [1.807, 2.05) is 0 Å². The van der Waals surface area contributed by atoms with Crippen molar-refractivity contribution in [2.24, 2.45) is 0 Å². The van der Waals surface area contributed by atoms with Crippen molar-refractivity contribution in [3.05, 3.63) is 72.9 Å². The maximum Gasteiger partial charge on any atom is 0.306 e. The zero-order valence-corrected chi connectivity index (χ0v) is 39.2. The summed E-state index contributed by atoms with van der Waals surface area (Å²) in [6.07, 6.45) is 60.7. The Labute approximate surface area is 370 Å². The second-order valence-corrected chi connectivity index (χ2v) is 16.4. The van der Waals surface area contributed by atoms with Gasteiger partial charge in [-0.2, -0.15) is 0 Å². The van der Waals surface area contributed by atoms with Crippen molar-refractivity contribution in [3.8, 4) is 0 Å². The van der Waals surface area contributed by atoms with Crippen LogP contribution in [0.5, 0.6) is 0 Å². The van der Waals surface area contributed by atoms with Crippen LogP contribution in [0.2, 0.25) is 0 Å². The molecule has 0 bridgehead atoms. The van der Waals surface area contributed by atoms with Gasteiger partial charge in [0.1, 0.15) is 13.2 Å². The van der Waals surface area contributed by atoms with Crippen molar-refractivity contribution in [3.63, 3.8) is 0 Å². The Morgan fingerprint density at radius 2 is 0.650 bits per heavy atom. The smallest absolute Gasteiger partial charge is 0.306 e. The minimum absolute atomic E-state index is 0.0771. The van der Waals surface area contributed by atoms with Crippen LogP contribution in [0.15, 0.2) is 72.9 Å². The van der Waals surface area contributed by atoms with Crippen LogP contribution >= 0.6 is 0 Å². The molecular formula is C54H92O6. The Morgan fingerprint density at radius 3 is 1.02 bits per heavy atom. The van der Waals surface area contributed by atoms with Crippen molar-refractivity contribution in [2.45, 2.75) is 239 Å². The molecular weight excluding hydrogens is 745 g/mol. The zero-order valence-electron chi connectivity index (χ0n) is 39.2. The first kappa shape index (κ1) is 56.9. The molecule has 60 heavy (non-hydrogen) atoms. The third kappa shape index (κ3) is 45.9. The summed E-state index contributed by atoms with van der Waals surface area (Å²) >= 11 is 0. The van der Waals surface area contributed by atoms with E-state index in [4.69, 9.17) is 14.2 Å². The molecule has 0 saturated heterocycles. The van der Waals surface area contributed by atoms with E-state index in [1.165, 1.54) is 83.5 Å². The highest BCUT2D eigenvalue weighted by Gasteiger charge is 2.19. The molecule has 6 nitrogen and oxygen atoms in total. The number of rotatable bonds is 44. The van der Waals surface area contributed by atoms with Gasteiger partial charge in [0.2, 0.25) is 0 Å². The molecule has 0 heterocycles. The van der Waals surface area contributed by atoms with Crippen molar-refractivity contribution in [1.82, 2.24) is 0 Å². The molecule has 0 radical (unpaired) electrons. The number of esters is 3. The summed E-state index contributed by atoms with van der Waals surface area (Å²) in [5.74, 6) is -0.902. The van der Waals surface area contributed by atoms with Gasteiger partial charge in [0, 0.05) is 19.3 Å². The predicted octanol–water partition coefficient (Wildman–Crippen LogP) is 16.3. The molecule has 0 spiro atoms. The van der Waals surface area contributed by atoms with E-state index >= 15 is 0 Å². The molecule has 344 valence electrons. The second-order valence-electron chi connectivity index (χ2n) is 16.4. The molecule has 0 aliphatic carbocycles. The number of ether oxygens (including phenoxy) is 3. The molecule has 0 saturated carbocycles. The summed E-state index contributed by atoms with van der Waals surface area (Å²) in [5.41, 5.74) is 0. The number of hydrogen-bond donors (Lipinski definition) is 0. The lowest BCUT2D eigenvalue weighted by Gasteiger charge is -2.18. The number of allylic oxidation sites excluding steroid dienone is 12. The molecule has 0 N–H and O–H groups in total. The highest BCUT2D eigenvalue weighted by molar-refractivity contribution is 5.71. The van der Waals surface area contributed by atoms with E-state index in [-0.39, 0.29) is 31.1 Å². The summed E-state index contributed by atoms with van der Waals surface area (Å²) in [6.45, 7) is 6.41. The van der Waals surface area contributed by atoms with Gasteiger partial charge < -0.3 is 14.2 Å². The van der Waals surface area contributed by atoms with Crippen LogP contribution in [0.1, 0.15) is 233 Å². The monoisotopic (exact) mass is 837 g/mol. The van der Waals surface area contributed by atoms with Crippen molar-refractivity contribution in [2.75, 3.05) is 13.2 Å². The first-order valence-electron chi connectivity index (χ1n) is 24.9. The Morgan fingerprint density at radius 1 is 0.350 bits per heavy atom. The summed E-state index contributed by atoms with van der Waals surface area (Å²) in [6, 6.07) is 0. The molecule has 0 aromatic rings. The quantitative estimate of drug-likeness (QED) is 0.0263. The number of unbranched alkanes of at least 4 members (excludes halogenated alkanes) is 21. The first-order valence-corrected chi connectivity index (χ1v) is 24.9. The van der Waals surface area contributed by atoms with E-state index in [1.54, 1.807) is 0 Å². The molecule has 0 amide bonds. The average molecular weight is 837 g/mol. The van der Waals surface area contributed by atoms with Crippen LogP contribution in [-0.2, 0) is 28.6 Å². The predicted molar refractivity (Wildman–Crippen MR) is 256 cm³/mol. The fourth-order valence-electron chi connectivity index (χ4n) is 6.74. The fourth-order valence-corrected chi connectivity index (χ4v) is 6.74. The number of carbonyl (C=O) groups excluding carboxylic acids is 3. The van der Waals surface area contributed by atoms with Crippen LogP contribution in [0.3, 0.4) is 0 Å². The zero-order chi connectivity index (χ0) is 43.7. The van der Waals surface area contributed by atoms with Gasteiger partial charge in [-0.3, -0.25) is 14.4 Å². The molecule has 0 aromatic heterocycles. The highest BCUT2D eigenvalue weighted by Crippen LogP contribution is 2.14. The maximum absolute atomic E-state index is 12.6. The summed E-state index contributed by atoms with van der Waals surface area (Å²) in [4.78, 5) is 37.5. The lowest BCUT2D eigenvalue weighted by Crippen LogP contribution is -2.30. The Kier molecular flexibility index (Phi) is 46.0. The molecule has 0 aliphatic rings. The molecule has 0 rings (SSSR count). The second kappa shape index (κ2) is 48.5. The lowest BCUT2D eigenvalue weighted by atomic mass is 10.1. The van der Waals surface area contributed by atoms with Crippen molar-refractivity contribution in [1.29, 1.82) is 0 Å². The Bertz CT molecular complexity index is 1140. The van der Waals surface area contributed by atoms with Gasteiger partial charge in [-0.05, 0) is 70.6 Å². The van der Waals surface area contributed by atoms with Gasteiger partial charge in [0.25, 0.3) is 0 Å². The van der Waals surface area contributed by atoms with Gasteiger partial charge in [0.15, 0.2) is 6.10 Å². The third-order valence-corrected chi connectivity index (χ3v) is 10.5. The van der Waals surface area contributed by atoms with Crippen LogP contribution in [-0.4, -0.2) is 37.2 Å². The van der Waals surface area contributed by atoms with Gasteiger partial charge in [-0.25, -0.2) is 0 Å². The normalized spacial score (nSPS) is 12.7. The minimum Gasteiger partial charge on any atom is -0.462 e. The Balaban J connectivity index is 4.07. The largest absolute Gasteiger partial charge is 0.462 e. The van der Waals surface area contributed by atoms with E-state index in [0.29, 0.717) is 19.3 Å². The fraction of sp³-hybridized carbons (Fsp3) is 0.722. The van der Waals surface area contributed by atoms with Crippen molar-refractivity contribution < 1.29 is 28.6 Å². The number of carbonyl (C=O) groups is 3. The molecule has 0 fully saturated rings. The molecule has 1 unspecified atom stereocenters. The molecule has 0 aromatic carbocycles. The SMILES string of the molecule is CC/C=C\C/C=C\C/C=C\C/C=C\C/C=C\C/C=C\CCCCCCCCCCC(=O)OCC(COC(=O)CCCCCCC)OC(=O)CCCCCCCCCCCC. The summed E-state index contributed by atoms with van der Waals surface area (Å²) in [7, 11) is 0. The van der Waals surface area contributed by atoms with Gasteiger partial charge in [-0.15, -0.1) is 0 Å². The van der Waals surface area contributed by atoms with Gasteiger partial charge in [-0.1, -0.05) is 216 Å². The van der Waals surface area contributed by atoms with Crippen LogP contribution in [0.4, 0.5) is 0 Å². The topological polar surface area (TPSA) is 78.9 Å². The maximum atomic E-state index is 12.6. The summed E-state index contributed by atoms with van der Waals surface area (Å²) in [5, 5.41) is 0. The molecule has 6 heteroatoms. The first-order chi connectivity index (χ1) is 29.5. The van der Waals surface area contributed by atoms with E-state index in [9.17, 15) is 14.4 Å². The van der Waals surface area contributed by atoms with Gasteiger partial charge in [0.05, 0.1) is 0 Å². The van der Waals surface area contributed by atoms with Crippen LogP contribution in [0.25, 0.3) is 0 Å². The lowest BCUT2D eigenvalue weighted by molar-refractivity contribution is -0.167.